The second kappa shape index (κ2) is 6.28. The number of methoxy groups -OCH3 is 1. The number of halogens is 1. The first-order valence-corrected chi connectivity index (χ1v) is 8.03. The lowest BCUT2D eigenvalue weighted by molar-refractivity contribution is 0.398. The molecule has 1 aliphatic rings. The number of thioether (sulfide) groups is 1. The Bertz CT molecular complexity index is 625. The summed E-state index contributed by atoms with van der Waals surface area (Å²) in [4.78, 5) is 1.32. The molecule has 2 atom stereocenters. The van der Waals surface area contributed by atoms with Crippen molar-refractivity contribution in [3.8, 4) is 5.75 Å². The standard InChI is InChI=1S/C16H17ClN2OS/c1-20-13-7-6-11(17)9-12(13)16(19-18)15-8-10-4-2-3-5-14(10)21-15/h2-7,9,15-16,19H,8,18H2,1H3. The topological polar surface area (TPSA) is 47.3 Å². The van der Waals surface area contributed by atoms with Crippen LogP contribution in [0.4, 0.5) is 0 Å². The van der Waals surface area contributed by atoms with Crippen LogP contribution in [-0.2, 0) is 6.42 Å². The van der Waals surface area contributed by atoms with Gasteiger partial charge < -0.3 is 4.74 Å². The number of ether oxygens (including phenoxy) is 1. The predicted molar refractivity (Wildman–Crippen MR) is 87.9 cm³/mol. The number of benzene rings is 2. The first-order valence-electron chi connectivity index (χ1n) is 6.77. The van der Waals surface area contributed by atoms with Gasteiger partial charge >= 0.3 is 0 Å². The van der Waals surface area contributed by atoms with Gasteiger partial charge in [-0.2, -0.15) is 0 Å². The average molecular weight is 321 g/mol. The fraction of sp³-hybridized carbons (Fsp3) is 0.250. The summed E-state index contributed by atoms with van der Waals surface area (Å²) in [5, 5.41) is 1.01. The van der Waals surface area contributed by atoms with E-state index in [1.807, 2.05) is 30.0 Å². The summed E-state index contributed by atoms with van der Waals surface area (Å²) in [6.07, 6.45) is 0.978. The highest BCUT2D eigenvalue weighted by Crippen LogP contribution is 2.44. The molecule has 0 amide bonds. The maximum absolute atomic E-state index is 6.14. The molecule has 5 heteroatoms. The zero-order valence-electron chi connectivity index (χ0n) is 11.7. The number of nitrogens with two attached hydrogens (primary N) is 1. The molecule has 0 spiro atoms. The number of nitrogens with one attached hydrogen (secondary N) is 1. The molecule has 0 aliphatic carbocycles. The fourth-order valence-corrected chi connectivity index (χ4v) is 4.33. The molecule has 3 nitrogen and oxygen atoms in total. The lowest BCUT2D eigenvalue weighted by Crippen LogP contribution is -2.35. The number of hydrazine groups is 1. The molecule has 0 aromatic heterocycles. The molecule has 2 unspecified atom stereocenters. The highest BCUT2D eigenvalue weighted by atomic mass is 35.5. The van der Waals surface area contributed by atoms with Crippen LogP contribution in [0.15, 0.2) is 47.4 Å². The SMILES string of the molecule is COc1ccc(Cl)cc1C(NN)C1Cc2ccccc2S1. The third-order valence-electron chi connectivity index (χ3n) is 3.75. The second-order valence-corrected chi connectivity index (χ2v) is 6.72. The van der Waals surface area contributed by atoms with E-state index in [0.717, 1.165) is 17.7 Å². The molecule has 1 heterocycles. The Morgan fingerprint density at radius 1 is 1.33 bits per heavy atom. The average Bonchev–Trinajstić information content (AvgIpc) is 2.92. The van der Waals surface area contributed by atoms with Crippen LogP contribution < -0.4 is 16.0 Å². The molecule has 2 aromatic rings. The van der Waals surface area contributed by atoms with Crippen molar-refractivity contribution in [2.24, 2.45) is 5.84 Å². The van der Waals surface area contributed by atoms with Gasteiger partial charge in [0.2, 0.25) is 0 Å². The van der Waals surface area contributed by atoms with Crippen LogP contribution in [-0.4, -0.2) is 12.4 Å². The predicted octanol–water partition coefficient (Wildman–Crippen LogP) is 3.57. The lowest BCUT2D eigenvalue weighted by Gasteiger charge is -2.24. The van der Waals surface area contributed by atoms with Crippen LogP contribution >= 0.6 is 23.4 Å². The summed E-state index contributed by atoms with van der Waals surface area (Å²) in [5.41, 5.74) is 5.30. The first-order chi connectivity index (χ1) is 10.2. The minimum Gasteiger partial charge on any atom is -0.496 e. The zero-order valence-corrected chi connectivity index (χ0v) is 13.2. The summed E-state index contributed by atoms with van der Waals surface area (Å²) < 4.78 is 5.46. The van der Waals surface area contributed by atoms with Gasteiger partial charge in [0.15, 0.2) is 0 Å². The maximum atomic E-state index is 6.14. The van der Waals surface area contributed by atoms with E-state index in [0.29, 0.717) is 10.3 Å². The van der Waals surface area contributed by atoms with Gasteiger partial charge in [0, 0.05) is 20.7 Å². The Kier molecular flexibility index (Phi) is 4.40. The van der Waals surface area contributed by atoms with Crippen molar-refractivity contribution in [2.75, 3.05) is 7.11 Å². The third-order valence-corrected chi connectivity index (χ3v) is 5.38. The van der Waals surface area contributed by atoms with E-state index in [1.54, 1.807) is 7.11 Å². The molecule has 0 radical (unpaired) electrons. The van der Waals surface area contributed by atoms with Crippen molar-refractivity contribution in [1.29, 1.82) is 0 Å². The van der Waals surface area contributed by atoms with Gasteiger partial charge in [0.1, 0.15) is 5.75 Å². The van der Waals surface area contributed by atoms with Gasteiger partial charge in [0.25, 0.3) is 0 Å². The van der Waals surface area contributed by atoms with Crippen LogP contribution in [0.1, 0.15) is 17.2 Å². The second-order valence-electron chi connectivity index (χ2n) is 5.00. The Balaban J connectivity index is 1.92. The summed E-state index contributed by atoms with van der Waals surface area (Å²) in [6.45, 7) is 0. The van der Waals surface area contributed by atoms with E-state index in [-0.39, 0.29) is 6.04 Å². The quantitative estimate of drug-likeness (QED) is 0.668. The van der Waals surface area contributed by atoms with E-state index in [9.17, 15) is 0 Å². The third kappa shape index (κ3) is 2.90. The first kappa shape index (κ1) is 14.7. The van der Waals surface area contributed by atoms with Crippen LogP contribution in [0.3, 0.4) is 0 Å². The number of hydrogen-bond acceptors (Lipinski definition) is 4. The summed E-state index contributed by atoms with van der Waals surface area (Å²) in [6, 6.07) is 14.1. The maximum Gasteiger partial charge on any atom is 0.123 e. The summed E-state index contributed by atoms with van der Waals surface area (Å²) in [5.74, 6) is 6.64. The molecule has 0 bridgehead atoms. The molecule has 110 valence electrons. The summed E-state index contributed by atoms with van der Waals surface area (Å²) >= 11 is 7.99. The highest BCUT2D eigenvalue weighted by molar-refractivity contribution is 8.00. The molecular weight excluding hydrogens is 304 g/mol. The van der Waals surface area contributed by atoms with Crippen LogP contribution in [0, 0.1) is 0 Å². The lowest BCUT2D eigenvalue weighted by atomic mass is 9.98. The van der Waals surface area contributed by atoms with E-state index < -0.39 is 0 Å². The van der Waals surface area contributed by atoms with Gasteiger partial charge in [-0.15, -0.1) is 11.8 Å². The van der Waals surface area contributed by atoms with Gasteiger partial charge in [0.05, 0.1) is 13.2 Å². The van der Waals surface area contributed by atoms with Gasteiger partial charge in [-0.3, -0.25) is 11.3 Å². The number of rotatable bonds is 4. The molecule has 1 aliphatic heterocycles. The van der Waals surface area contributed by atoms with Crippen LogP contribution in [0.2, 0.25) is 5.02 Å². The van der Waals surface area contributed by atoms with Crippen molar-refractivity contribution in [2.45, 2.75) is 22.6 Å². The molecule has 0 saturated carbocycles. The smallest absolute Gasteiger partial charge is 0.123 e. The molecule has 0 fully saturated rings. The minimum atomic E-state index is -0.0175. The van der Waals surface area contributed by atoms with Crippen molar-refractivity contribution in [1.82, 2.24) is 5.43 Å². The number of fused-ring (bicyclic) bond motifs is 1. The largest absolute Gasteiger partial charge is 0.496 e. The van der Waals surface area contributed by atoms with Gasteiger partial charge in [-0.25, -0.2) is 0 Å². The van der Waals surface area contributed by atoms with Gasteiger partial charge in [-0.05, 0) is 36.2 Å². The fourth-order valence-electron chi connectivity index (χ4n) is 2.74. The molecule has 21 heavy (non-hydrogen) atoms. The van der Waals surface area contributed by atoms with E-state index in [4.69, 9.17) is 22.2 Å². The van der Waals surface area contributed by atoms with Crippen molar-refractivity contribution >= 4 is 23.4 Å². The van der Waals surface area contributed by atoms with Gasteiger partial charge in [-0.1, -0.05) is 29.8 Å². The number of hydrogen-bond donors (Lipinski definition) is 2. The minimum absolute atomic E-state index is 0.0175. The molecule has 3 N–H and O–H groups in total. The Morgan fingerprint density at radius 2 is 2.14 bits per heavy atom. The molecule has 0 saturated heterocycles. The van der Waals surface area contributed by atoms with E-state index in [1.165, 1.54) is 10.5 Å². The van der Waals surface area contributed by atoms with Crippen molar-refractivity contribution < 1.29 is 4.74 Å². The Labute approximate surface area is 133 Å². The summed E-state index contributed by atoms with van der Waals surface area (Å²) in [7, 11) is 1.66. The molecule has 3 rings (SSSR count). The highest BCUT2D eigenvalue weighted by Gasteiger charge is 2.31. The Morgan fingerprint density at radius 3 is 2.86 bits per heavy atom. The van der Waals surface area contributed by atoms with Crippen molar-refractivity contribution in [3.63, 3.8) is 0 Å². The van der Waals surface area contributed by atoms with Crippen LogP contribution in [0.25, 0.3) is 0 Å². The molecule has 2 aromatic carbocycles. The molecular formula is C16H17ClN2OS. The normalized spacial score (nSPS) is 18.3. The monoisotopic (exact) mass is 320 g/mol. The van der Waals surface area contributed by atoms with E-state index in [2.05, 4.69) is 29.7 Å². The zero-order chi connectivity index (χ0) is 14.8. The van der Waals surface area contributed by atoms with Crippen molar-refractivity contribution in [3.05, 3.63) is 58.6 Å². The van der Waals surface area contributed by atoms with Crippen LogP contribution in [0.5, 0.6) is 5.75 Å². The Hall–Kier alpha value is -1.20. The van der Waals surface area contributed by atoms with E-state index >= 15 is 0 Å².